The van der Waals surface area contributed by atoms with Crippen LogP contribution in [-0.2, 0) is 6.54 Å². The molecule has 0 aliphatic rings. The standard InChI is InChI=1S/C25H16FNO4S/c26-16-8-6-7-15(13-16)14-27-19-12-5-4-11-18(19)22-20(24(27)29)21(28)23(25(30)31-22)32-17-9-2-1-3-10-17/h1-13,28H,14H2. The third kappa shape index (κ3) is 3.46. The first-order valence-electron chi connectivity index (χ1n) is 9.81. The molecule has 0 atom stereocenters. The van der Waals surface area contributed by atoms with Gasteiger partial charge in [0, 0.05) is 10.3 Å². The van der Waals surface area contributed by atoms with Gasteiger partial charge in [-0.2, -0.15) is 0 Å². The molecule has 5 nitrogen and oxygen atoms in total. The summed E-state index contributed by atoms with van der Waals surface area (Å²) in [6, 6.07) is 22.0. The van der Waals surface area contributed by atoms with E-state index >= 15 is 0 Å². The molecule has 0 amide bonds. The van der Waals surface area contributed by atoms with Crippen LogP contribution < -0.4 is 11.2 Å². The molecular formula is C25H16FNO4S. The Hall–Kier alpha value is -3.84. The SMILES string of the molecule is O=c1oc2c(c(O)c1Sc1ccccc1)c(=O)n(Cc1cccc(F)c1)c1ccccc21. The molecule has 0 radical (unpaired) electrons. The van der Waals surface area contributed by atoms with Crippen molar-refractivity contribution in [3.05, 3.63) is 111 Å². The predicted molar refractivity (Wildman–Crippen MR) is 122 cm³/mol. The molecular weight excluding hydrogens is 429 g/mol. The number of benzene rings is 3. The molecule has 5 aromatic rings. The summed E-state index contributed by atoms with van der Waals surface area (Å²) in [4.78, 5) is 26.9. The van der Waals surface area contributed by atoms with Crippen molar-refractivity contribution in [1.29, 1.82) is 0 Å². The van der Waals surface area contributed by atoms with Gasteiger partial charge < -0.3 is 14.1 Å². The van der Waals surface area contributed by atoms with Crippen LogP contribution in [0.5, 0.6) is 5.75 Å². The number of aromatic hydroxyl groups is 1. The summed E-state index contributed by atoms with van der Waals surface area (Å²) in [6.45, 7) is 0.0901. The smallest absolute Gasteiger partial charge is 0.354 e. The normalized spacial score (nSPS) is 11.3. The fourth-order valence-electron chi connectivity index (χ4n) is 3.71. The second-order valence-corrected chi connectivity index (χ2v) is 8.31. The first-order valence-corrected chi connectivity index (χ1v) is 10.6. The van der Waals surface area contributed by atoms with Gasteiger partial charge in [-0.15, -0.1) is 0 Å². The summed E-state index contributed by atoms with van der Waals surface area (Å²) in [6.07, 6.45) is 0. The van der Waals surface area contributed by atoms with Crippen molar-refractivity contribution in [1.82, 2.24) is 4.57 Å². The Morgan fingerprint density at radius 1 is 0.938 bits per heavy atom. The molecule has 0 fully saturated rings. The van der Waals surface area contributed by atoms with E-state index in [0.717, 1.165) is 16.7 Å². The molecule has 0 saturated carbocycles. The van der Waals surface area contributed by atoms with Crippen LogP contribution in [-0.4, -0.2) is 9.67 Å². The highest BCUT2D eigenvalue weighted by Gasteiger charge is 2.22. The van der Waals surface area contributed by atoms with Crippen LogP contribution in [0.2, 0.25) is 0 Å². The number of rotatable bonds is 4. The van der Waals surface area contributed by atoms with Crippen LogP contribution >= 0.6 is 11.8 Å². The third-order valence-electron chi connectivity index (χ3n) is 5.15. The second kappa shape index (κ2) is 8.01. The van der Waals surface area contributed by atoms with Crippen molar-refractivity contribution in [3.63, 3.8) is 0 Å². The van der Waals surface area contributed by atoms with Gasteiger partial charge in [0.1, 0.15) is 16.1 Å². The lowest BCUT2D eigenvalue weighted by Crippen LogP contribution is -2.22. The van der Waals surface area contributed by atoms with Gasteiger partial charge in [-0.1, -0.05) is 54.2 Å². The summed E-state index contributed by atoms with van der Waals surface area (Å²) < 4.78 is 20.7. The van der Waals surface area contributed by atoms with Gasteiger partial charge >= 0.3 is 5.63 Å². The predicted octanol–water partition coefficient (Wildman–Crippen LogP) is 5.15. The molecule has 2 heterocycles. The molecule has 0 bridgehead atoms. The molecule has 1 N–H and O–H groups in total. The van der Waals surface area contributed by atoms with Gasteiger partial charge in [0.05, 0.1) is 12.1 Å². The quantitative estimate of drug-likeness (QED) is 0.387. The average molecular weight is 445 g/mol. The molecule has 0 spiro atoms. The molecule has 0 aliphatic carbocycles. The average Bonchev–Trinajstić information content (AvgIpc) is 2.80. The Labute approximate surface area is 185 Å². The van der Waals surface area contributed by atoms with E-state index in [1.54, 1.807) is 48.5 Å². The summed E-state index contributed by atoms with van der Waals surface area (Å²) in [5, 5.41) is 11.4. The van der Waals surface area contributed by atoms with Crippen LogP contribution in [0, 0.1) is 5.82 Å². The zero-order chi connectivity index (χ0) is 22.2. The van der Waals surface area contributed by atoms with Crippen molar-refractivity contribution < 1.29 is 13.9 Å². The summed E-state index contributed by atoms with van der Waals surface area (Å²) in [7, 11) is 0. The second-order valence-electron chi connectivity index (χ2n) is 7.22. The minimum atomic E-state index is -0.726. The Kier molecular flexibility index (Phi) is 5.03. The van der Waals surface area contributed by atoms with E-state index in [9.17, 15) is 19.1 Å². The highest BCUT2D eigenvalue weighted by molar-refractivity contribution is 7.99. The molecule has 2 aromatic heterocycles. The summed E-state index contributed by atoms with van der Waals surface area (Å²) >= 11 is 1.03. The van der Waals surface area contributed by atoms with E-state index in [4.69, 9.17) is 4.42 Å². The highest BCUT2D eigenvalue weighted by atomic mass is 32.2. The zero-order valence-electron chi connectivity index (χ0n) is 16.6. The minimum absolute atomic E-state index is 0.0287. The topological polar surface area (TPSA) is 72.4 Å². The number of pyridine rings is 1. The lowest BCUT2D eigenvalue weighted by molar-refractivity contribution is 0.446. The number of hydrogen-bond acceptors (Lipinski definition) is 5. The summed E-state index contributed by atoms with van der Waals surface area (Å²) in [5.41, 5.74) is -0.121. The first kappa shape index (κ1) is 20.1. The molecule has 0 aliphatic heterocycles. The van der Waals surface area contributed by atoms with Crippen molar-refractivity contribution >= 4 is 33.6 Å². The maximum Gasteiger partial charge on any atom is 0.354 e. The lowest BCUT2D eigenvalue weighted by Gasteiger charge is -2.14. The van der Waals surface area contributed by atoms with Crippen molar-refractivity contribution in [2.24, 2.45) is 0 Å². The van der Waals surface area contributed by atoms with E-state index in [0.29, 0.717) is 16.5 Å². The van der Waals surface area contributed by atoms with E-state index in [-0.39, 0.29) is 22.4 Å². The molecule has 0 saturated heterocycles. The van der Waals surface area contributed by atoms with Crippen LogP contribution in [0.3, 0.4) is 0 Å². The van der Waals surface area contributed by atoms with Crippen LogP contribution in [0.15, 0.2) is 103 Å². The Bertz CT molecular complexity index is 1590. The number of fused-ring (bicyclic) bond motifs is 3. The van der Waals surface area contributed by atoms with E-state index in [1.807, 2.05) is 18.2 Å². The van der Waals surface area contributed by atoms with Crippen molar-refractivity contribution in [3.8, 4) is 5.75 Å². The number of nitrogens with zero attached hydrogens (tertiary/aromatic N) is 1. The van der Waals surface area contributed by atoms with Crippen molar-refractivity contribution in [2.75, 3.05) is 0 Å². The monoisotopic (exact) mass is 445 g/mol. The fourth-order valence-corrected chi connectivity index (χ4v) is 4.57. The first-order chi connectivity index (χ1) is 15.5. The van der Waals surface area contributed by atoms with E-state index < -0.39 is 22.8 Å². The van der Waals surface area contributed by atoms with Gasteiger partial charge in [0.15, 0.2) is 11.3 Å². The molecule has 32 heavy (non-hydrogen) atoms. The molecule has 5 rings (SSSR count). The Morgan fingerprint density at radius 2 is 1.69 bits per heavy atom. The Morgan fingerprint density at radius 3 is 2.47 bits per heavy atom. The summed E-state index contributed by atoms with van der Waals surface area (Å²) in [5.74, 6) is -0.829. The molecule has 3 aromatic carbocycles. The van der Waals surface area contributed by atoms with Gasteiger partial charge in [0.25, 0.3) is 5.56 Å². The third-order valence-corrected chi connectivity index (χ3v) is 6.22. The molecule has 0 unspecified atom stereocenters. The van der Waals surface area contributed by atoms with Gasteiger partial charge in [0.2, 0.25) is 0 Å². The van der Waals surface area contributed by atoms with Crippen LogP contribution in [0.25, 0.3) is 21.9 Å². The van der Waals surface area contributed by atoms with Crippen molar-refractivity contribution in [2.45, 2.75) is 16.3 Å². The number of para-hydroxylation sites is 1. The molecule has 158 valence electrons. The fraction of sp³-hybridized carbons (Fsp3) is 0.0400. The minimum Gasteiger partial charge on any atom is -0.505 e. The number of aromatic nitrogens is 1. The largest absolute Gasteiger partial charge is 0.505 e. The molecule has 7 heteroatoms. The van der Waals surface area contributed by atoms with E-state index in [1.165, 1.54) is 16.7 Å². The lowest BCUT2D eigenvalue weighted by atomic mass is 10.1. The Balaban J connectivity index is 1.80. The van der Waals surface area contributed by atoms with Crippen LogP contribution in [0.4, 0.5) is 4.39 Å². The van der Waals surface area contributed by atoms with E-state index in [2.05, 4.69) is 0 Å². The number of halogens is 1. The number of hydrogen-bond donors (Lipinski definition) is 1. The van der Waals surface area contributed by atoms with Gasteiger partial charge in [-0.25, -0.2) is 9.18 Å². The maximum absolute atomic E-state index is 13.7. The van der Waals surface area contributed by atoms with Crippen LogP contribution in [0.1, 0.15) is 5.56 Å². The zero-order valence-corrected chi connectivity index (χ0v) is 17.4. The highest BCUT2D eigenvalue weighted by Crippen LogP contribution is 2.37. The van der Waals surface area contributed by atoms with Gasteiger partial charge in [-0.05, 0) is 42.0 Å². The van der Waals surface area contributed by atoms with Gasteiger partial charge in [-0.3, -0.25) is 4.79 Å². The maximum atomic E-state index is 13.7.